The van der Waals surface area contributed by atoms with Gasteiger partial charge in [-0.05, 0) is 38.7 Å². The van der Waals surface area contributed by atoms with Crippen molar-refractivity contribution in [2.75, 3.05) is 6.61 Å². The predicted molar refractivity (Wildman–Crippen MR) is 82.2 cm³/mol. The second-order valence-corrected chi connectivity index (χ2v) is 5.80. The minimum absolute atomic E-state index is 0.354. The quantitative estimate of drug-likeness (QED) is 0.854. The van der Waals surface area contributed by atoms with E-state index in [2.05, 4.69) is 25.7 Å². The van der Waals surface area contributed by atoms with E-state index in [9.17, 15) is 5.11 Å². The number of hydrogen-bond donors (Lipinski definition) is 1. The predicted octanol–water partition coefficient (Wildman–Crippen LogP) is 3.94. The third-order valence-corrected chi connectivity index (χ3v) is 4.31. The van der Waals surface area contributed by atoms with Crippen LogP contribution in [0.25, 0.3) is 0 Å². The maximum absolute atomic E-state index is 10.2. The van der Waals surface area contributed by atoms with Crippen molar-refractivity contribution < 1.29 is 9.84 Å². The van der Waals surface area contributed by atoms with Gasteiger partial charge in [0.1, 0.15) is 11.5 Å². The molecule has 2 rings (SSSR count). The van der Waals surface area contributed by atoms with Crippen LogP contribution in [0.15, 0.2) is 18.2 Å². The molecule has 0 spiro atoms. The zero-order valence-electron chi connectivity index (χ0n) is 12.9. The summed E-state index contributed by atoms with van der Waals surface area (Å²) in [5.41, 5.74) is 1.00. The van der Waals surface area contributed by atoms with Gasteiger partial charge < -0.3 is 9.84 Å². The largest absolute Gasteiger partial charge is 0.507 e. The molecule has 0 aromatic heterocycles. The molecule has 1 saturated heterocycles. The van der Waals surface area contributed by atoms with Crippen LogP contribution in [0.4, 0.5) is 0 Å². The van der Waals surface area contributed by atoms with Crippen LogP contribution in [0, 0.1) is 0 Å². The van der Waals surface area contributed by atoms with Crippen molar-refractivity contribution in [2.24, 2.45) is 0 Å². The first-order valence-electron chi connectivity index (χ1n) is 7.86. The molecule has 112 valence electrons. The van der Waals surface area contributed by atoms with Crippen LogP contribution < -0.4 is 4.74 Å². The summed E-state index contributed by atoms with van der Waals surface area (Å²) in [4.78, 5) is 2.52. The van der Waals surface area contributed by atoms with E-state index in [-0.39, 0.29) is 0 Å². The molecule has 1 aliphatic heterocycles. The van der Waals surface area contributed by atoms with Gasteiger partial charge in [0.05, 0.1) is 6.61 Å². The average molecular weight is 277 g/mol. The highest BCUT2D eigenvalue weighted by atomic mass is 16.5. The van der Waals surface area contributed by atoms with Gasteiger partial charge >= 0.3 is 0 Å². The highest BCUT2D eigenvalue weighted by molar-refractivity contribution is 5.39. The van der Waals surface area contributed by atoms with Gasteiger partial charge in [-0.1, -0.05) is 19.9 Å². The Kier molecular flexibility index (Phi) is 5.30. The SMILES string of the molecule is CCCOc1ccc(CN2C(C)CCC2CC)c(O)c1. The molecule has 20 heavy (non-hydrogen) atoms. The van der Waals surface area contributed by atoms with Crippen molar-refractivity contribution in [3.05, 3.63) is 23.8 Å². The molecule has 1 heterocycles. The Hall–Kier alpha value is -1.22. The molecule has 1 fully saturated rings. The molecule has 1 N–H and O–H groups in total. The van der Waals surface area contributed by atoms with Gasteiger partial charge in [-0.15, -0.1) is 0 Å². The van der Waals surface area contributed by atoms with Crippen LogP contribution in [0.2, 0.25) is 0 Å². The Bertz CT molecular complexity index is 433. The van der Waals surface area contributed by atoms with Gasteiger partial charge in [-0.2, -0.15) is 0 Å². The third-order valence-electron chi connectivity index (χ3n) is 4.31. The van der Waals surface area contributed by atoms with Crippen LogP contribution in [0.3, 0.4) is 0 Å². The smallest absolute Gasteiger partial charge is 0.123 e. The topological polar surface area (TPSA) is 32.7 Å². The summed E-state index contributed by atoms with van der Waals surface area (Å²) < 4.78 is 5.55. The molecule has 0 saturated carbocycles. The van der Waals surface area contributed by atoms with Crippen LogP contribution in [-0.4, -0.2) is 28.7 Å². The molecule has 0 radical (unpaired) electrons. The number of rotatable bonds is 6. The molecule has 0 amide bonds. The summed E-state index contributed by atoms with van der Waals surface area (Å²) in [5, 5.41) is 10.2. The van der Waals surface area contributed by atoms with Crippen molar-refractivity contribution in [1.82, 2.24) is 4.90 Å². The fourth-order valence-electron chi connectivity index (χ4n) is 3.03. The first kappa shape index (κ1) is 15.2. The Labute approximate surface area is 122 Å². The molecule has 2 atom stereocenters. The fourth-order valence-corrected chi connectivity index (χ4v) is 3.03. The van der Waals surface area contributed by atoms with Crippen molar-refractivity contribution in [3.63, 3.8) is 0 Å². The van der Waals surface area contributed by atoms with Gasteiger partial charge in [0.2, 0.25) is 0 Å². The number of benzene rings is 1. The first-order chi connectivity index (χ1) is 9.65. The zero-order valence-corrected chi connectivity index (χ0v) is 12.9. The minimum Gasteiger partial charge on any atom is -0.507 e. The van der Waals surface area contributed by atoms with E-state index >= 15 is 0 Å². The van der Waals surface area contributed by atoms with E-state index in [0.29, 0.717) is 24.4 Å². The Balaban J connectivity index is 2.05. The van der Waals surface area contributed by atoms with Gasteiger partial charge in [-0.25, -0.2) is 0 Å². The lowest BCUT2D eigenvalue weighted by molar-refractivity contribution is 0.187. The number of phenols is 1. The molecular formula is C17H27NO2. The molecule has 1 aromatic rings. The van der Waals surface area contributed by atoms with Crippen LogP contribution in [0.1, 0.15) is 52.0 Å². The van der Waals surface area contributed by atoms with Crippen molar-refractivity contribution in [1.29, 1.82) is 0 Å². The van der Waals surface area contributed by atoms with Crippen LogP contribution in [0.5, 0.6) is 11.5 Å². The third kappa shape index (κ3) is 3.45. The standard InChI is InChI=1S/C17H27NO2/c1-4-10-20-16-9-7-14(17(19)11-16)12-18-13(3)6-8-15(18)5-2/h7,9,11,13,15,19H,4-6,8,10,12H2,1-3H3. The summed E-state index contributed by atoms with van der Waals surface area (Å²) in [7, 11) is 0. The molecule has 1 aliphatic rings. The second kappa shape index (κ2) is 6.98. The maximum atomic E-state index is 10.2. The lowest BCUT2D eigenvalue weighted by atomic mass is 10.1. The van der Waals surface area contributed by atoms with E-state index in [1.54, 1.807) is 6.07 Å². The normalized spacial score (nSPS) is 23.1. The Morgan fingerprint density at radius 1 is 1.30 bits per heavy atom. The molecule has 0 bridgehead atoms. The van der Waals surface area contributed by atoms with Crippen LogP contribution in [-0.2, 0) is 6.54 Å². The average Bonchev–Trinajstić information content (AvgIpc) is 2.80. The summed E-state index contributed by atoms with van der Waals surface area (Å²) >= 11 is 0. The van der Waals surface area contributed by atoms with E-state index in [0.717, 1.165) is 24.3 Å². The molecule has 2 unspecified atom stereocenters. The van der Waals surface area contributed by atoms with Gasteiger partial charge in [-0.3, -0.25) is 4.90 Å². The van der Waals surface area contributed by atoms with Gasteiger partial charge in [0, 0.05) is 30.3 Å². The number of phenolic OH excluding ortho intramolecular Hbond substituents is 1. The van der Waals surface area contributed by atoms with E-state index in [4.69, 9.17) is 4.74 Å². The second-order valence-electron chi connectivity index (χ2n) is 5.80. The minimum atomic E-state index is 0.354. The summed E-state index contributed by atoms with van der Waals surface area (Å²) in [6.45, 7) is 8.13. The first-order valence-corrected chi connectivity index (χ1v) is 7.86. The molecule has 3 nitrogen and oxygen atoms in total. The number of hydrogen-bond acceptors (Lipinski definition) is 3. The fraction of sp³-hybridized carbons (Fsp3) is 0.647. The highest BCUT2D eigenvalue weighted by Gasteiger charge is 2.29. The summed E-state index contributed by atoms with van der Waals surface area (Å²) in [6, 6.07) is 6.97. The summed E-state index contributed by atoms with van der Waals surface area (Å²) in [6.07, 6.45) is 4.70. The summed E-state index contributed by atoms with van der Waals surface area (Å²) in [5.74, 6) is 1.11. The van der Waals surface area contributed by atoms with E-state index < -0.39 is 0 Å². The molecule has 3 heteroatoms. The number of aromatic hydroxyl groups is 1. The highest BCUT2D eigenvalue weighted by Crippen LogP contribution is 2.31. The van der Waals surface area contributed by atoms with Crippen LogP contribution >= 0.6 is 0 Å². The van der Waals surface area contributed by atoms with E-state index in [1.165, 1.54) is 19.3 Å². The molecule has 1 aromatic carbocycles. The molecule has 0 aliphatic carbocycles. The monoisotopic (exact) mass is 277 g/mol. The lowest BCUT2D eigenvalue weighted by Crippen LogP contribution is -2.33. The van der Waals surface area contributed by atoms with Crippen molar-refractivity contribution >= 4 is 0 Å². The number of ether oxygens (including phenoxy) is 1. The number of likely N-dealkylation sites (tertiary alicyclic amines) is 1. The van der Waals surface area contributed by atoms with Gasteiger partial charge in [0.25, 0.3) is 0 Å². The lowest BCUT2D eigenvalue weighted by Gasteiger charge is -2.28. The van der Waals surface area contributed by atoms with E-state index in [1.807, 2.05) is 12.1 Å². The van der Waals surface area contributed by atoms with Crippen molar-refractivity contribution in [3.8, 4) is 11.5 Å². The maximum Gasteiger partial charge on any atom is 0.123 e. The van der Waals surface area contributed by atoms with Crippen molar-refractivity contribution in [2.45, 2.75) is 65.1 Å². The van der Waals surface area contributed by atoms with Gasteiger partial charge in [0.15, 0.2) is 0 Å². The zero-order chi connectivity index (χ0) is 14.5. The Morgan fingerprint density at radius 3 is 2.75 bits per heavy atom. The Morgan fingerprint density at radius 2 is 2.10 bits per heavy atom. The number of nitrogens with zero attached hydrogens (tertiary/aromatic N) is 1. The molecular weight excluding hydrogens is 250 g/mol.